The molecular formula is C27H27N3O6. The largest absolute Gasteiger partial charge is 0.493 e. The molecule has 0 saturated carbocycles. The van der Waals surface area contributed by atoms with E-state index in [9.17, 15) is 14.4 Å². The first-order valence-electron chi connectivity index (χ1n) is 11.2. The number of esters is 1. The third-order valence-corrected chi connectivity index (χ3v) is 5.12. The summed E-state index contributed by atoms with van der Waals surface area (Å²) in [6, 6.07) is 18.7. The van der Waals surface area contributed by atoms with Crippen LogP contribution in [0.4, 0.5) is 5.69 Å². The standard InChI is InChI=1S/C27H27N3O6/c1-5-35-22-13-9-8-12-21(22)28-25(31)26(32)30-29-18(3)19-14-15-23(24(16-19)34-4)36-27(33)20-11-7-6-10-17(20)2/h6-16H,5H2,1-4H3,(H,28,31)(H,30,32)/b29-18+. The summed E-state index contributed by atoms with van der Waals surface area (Å²) in [7, 11) is 1.45. The Balaban J connectivity index is 1.67. The minimum absolute atomic E-state index is 0.235. The zero-order valence-electron chi connectivity index (χ0n) is 20.5. The van der Waals surface area contributed by atoms with Gasteiger partial charge in [0.05, 0.1) is 30.7 Å². The second-order valence-corrected chi connectivity index (χ2v) is 7.59. The second-order valence-electron chi connectivity index (χ2n) is 7.59. The van der Waals surface area contributed by atoms with Crippen LogP contribution in [-0.4, -0.2) is 37.2 Å². The molecule has 0 aliphatic rings. The van der Waals surface area contributed by atoms with Gasteiger partial charge in [-0.25, -0.2) is 10.2 Å². The molecule has 0 unspecified atom stereocenters. The summed E-state index contributed by atoms with van der Waals surface area (Å²) >= 11 is 0. The highest BCUT2D eigenvalue weighted by molar-refractivity contribution is 6.39. The maximum Gasteiger partial charge on any atom is 0.343 e. The van der Waals surface area contributed by atoms with Crippen LogP contribution in [0.2, 0.25) is 0 Å². The molecule has 186 valence electrons. The number of benzene rings is 3. The maximum absolute atomic E-state index is 12.6. The van der Waals surface area contributed by atoms with Gasteiger partial charge in [-0.2, -0.15) is 5.10 Å². The molecule has 0 bridgehead atoms. The summed E-state index contributed by atoms with van der Waals surface area (Å²) in [5, 5.41) is 6.51. The van der Waals surface area contributed by atoms with Crippen LogP contribution in [0.25, 0.3) is 0 Å². The van der Waals surface area contributed by atoms with E-state index in [0.717, 1.165) is 5.56 Å². The first-order valence-corrected chi connectivity index (χ1v) is 11.2. The summed E-state index contributed by atoms with van der Waals surface area (Å²) in [6.45, 7) is 5.70. The Morgan fingerprint density at radius 2 is 1.61 bits per heavy atom. The SMILES string of the molecule is CCOc1ccccc1NC(=O)C(=O)N/N=C(\C)c1ccc(OC(=O)c2ccccc2C)c(OC)c1. The maximum atomic E-state index is 12.6. The van der Waals surface area contributed by atoms with Gasteiger partial charge in [0.2, 0.25) is 0 Å². The summed E-state index contributed by atoms with van der Waals surface area (Å²) in [4.78, 5) is 37.1. The highest BCUT2D eigenvalue weighted by Gasteiger charge is 2.17. The van der Waals surface area contributed by atoms with E-state index in [-0.39, 0.29) is 5.75 Å². The number of para-hydroxylation sites is 2. The van der Waals surface area contributed by atoms with E-state index in [0.29, 0.717) is 40.6 Å². The highest BCUT2D eigenvalue weighted by atomic mass is 16.6. The Bertz CT molecular complexity index is 1300. The number of hydrazone groups is 1. The van der Waals surface area contributed by atoms with Crippen molar-refractivity contribution < 1.29 is 28.6 Å². The van der Waals surface area contributed by atoms with Crippen LogP contribution in [0.15, 0.2) is 71.8 Å². The first-order chi connectivity index (χ1) is 17.3. The monoisotopic (exact) mass is 489 g/mol. The molecular weight excluding hydrogens is 462 g/mol. The smallest absolute Gasteiger partial charge is 0.343 e. The number of aryl methyl sites for hydroxylation is 1. The summed E-state index contributed by atoms with van der Waals surface area (Å²) < 4.78 is 16.3. The Hall–Kier alpha value is -4.66. The van der Waals surface area contributed by atoms with Crippen LogP contribution in [0, 0.1) is 6.92 Å². The van der Waals surface area contributed by atoms with Crippen molar-refractivity contribution in [2.45, 2.75) is 20.8 Å². The molecule has 3 aromatic carbocycles. The molecule has 3 rings (SSSR count). The van der Waals surface area contributed by atoms with Crippen LogP contribution in [0.5, 0.6) is 17.2 Å². The van der Waals surface area contributed by atoms with Gasteiger partial charge in [0.15, 0.2) is 11.5 Å². The van der Waals surface area contributed by atoms with Gasteiger partial charge in [-0.3, -0.25) is 9.59 Å². The topological polar surface area (TPSA) is 115 Å². The molecule has 36 heavy (non-hydrogen) atoms. The fraction of sp³-hybridized carbons (Fsp3) is 0.185. The molecule has 0 spiro atoms. The van der Waals surface area contributed by atoms with Crippen molar-refractivity contribution in [3.8, 4) is 17.2 Å². The number of amides is 2. The normalized spacial score (nSPS) is 10.8. The lowest BCUT2D eigenvalue weighted by Crippen LogP contribution is -2.33. The predicted molar refractivity (Wildman–Crippen MR) is 136 cm³/mol. The zero-order valence-corrected chi connectivity index (χ0v) is 20.5. The average molecular weight is 490 g/mol. The summed E-state index contributed by atoms with van der Waals surface area (Å²) in [5.74, 6) is -1.35. The Labute approximate surface area is 209 Å². The Kier molecular flexibility index (Phi) is 8.77. The van der Waals surface area contributed by atoms with Gasteiger partial charge in [-0.1, -0.05) is 30.3 Å². The van der Waals surface area contributed by atoms with Crippen molar-refractivity contribution in [3.63, 3.8) is 0 Å². The van der Waals surface area contributed by atoms with Crippen molar-refractivity contribution in [2.75, 3.05) is 19.0 Å². The highest BCUT2D eigenvalue weighted by Crippen LogP contribution is 2.29. The van der Waals surface area contributed by atoms with Crippen LogP contribution in [0.3, 0.4) is 0 Å². The number of rotatable bonds is 8. The molecule has 9 nitrogen and oxygen atoms in total. The Morgan fingerprint density at radius 1 is 0.889 bits per heavy atom. The van der Waals surface area contributed by atoms with Crippen molar-refractivity contribution in [1.29, 1.82) is 0 Å². The lowest BCUT2D eigenvalue weighted by atomic mass is 10.1. The molecule has 2 N–H and O–H groups in total. The van der Waals surface area contributed by atoms with Crippen molar-refractivity contribution in [1.82, 2.24) is 5.43 Å². The predicted octanol–water partition coefficient (Wildman–Crippen LogP) is 4.10. The first kappa shape index (κ1) is 26.0. The van der Waals surface area contributed by atoms with E-state index in [1.807, 2.05) is 26.0 Å². The third kappa shape index (κ3) is 6.47. The van der Waals surface area contributed by atoms with Gasteiger partial charge in [-0.05, 0) is 62.7 Å². The number of methoxy groups -OCH3 is 1. The van der Waals surface area contributed by atoms with Crippen LogP contribution in [-0.2, 0) is 9.59 Å². The van der Waals surface area contributed by atoms with Gasteiger partial charge in [0, 0.05) is 5.56 Å². The quantitative estimate of drug-likeness (QED) is 0.162. The van der Waals surface area contributed by atoms with Crippen LogP contribution < -0.4 is 25.0 Å². The number of hydrogen-bond donors (Lipinski definition) is 2. The lowest BCUT2D eigenvalue weighted by Gasteiger charge is -2.12. The van der Waals surface area contributed by atoms with Gasteiger partial charge in [0.25, 0.3) is 0 Å². The molecule has 0 fully saturated rings. The average Bonchev–Trinajstić information content (AvgIpc) is 2.88. The van der Waals surface area contributed by atoms with Crippen LogP contribution >= 0.6 is 0 Å². The second kappa shape index (κ2) is 12.2. The molecule has 2 amide bonds. The minimum Gasteiger partial charge on any atom is -0.493 e. The van der Waals surface area contributed by atoms with Crippen molar-refractivity contribution >= 4 is 29.2 Å². The van der Waals surface area contributed by atoms with E-state index in [2.05, 4.69) is 15.8 Å². The fourth-order valence-corrected chi connectivity index (χ4v) is 3.21. The molecule has 0 aliphatic heterocycles. The van der Waals surface area contributed by atoms with E-state index in [1.54, 1.807) is 61.5 Å². The van der Waals surface area contributed by atoms with Crippen LogP contribution in [0.1, 0.15) is 35.3 Å². The van der Waals surface area contributed by atoms with Gasteiger partial charge in [-0.15, -0.1) is 0 Å². The van der Waals surface area contributed by atoms with E-state index < -0.39 is 17.8 Å². The number of nitrogens with zero attached hydrogens (tertiary/aromatic N) is 1. The van der Waals surface area contributed by atoms with Crippen molar-refractivity contribution in [2.24, 2.45) is 5.10 Å². The number of hydrogen-bond acceptors (Lipinski definition) is 7. The minimum atomic E-state index is -0.948. The van der Waals surface area contributed by atoms with E-state index >= 15 is 0 Å². The fourth-order valence-electron chi connectivity index (χ4n) is 3.21. The molecule has 0 heterocycles. The molecule has 0 aromatic heterocycles. The van der Waals surface area contributed by atoms with Crippen molar-refractivity contribution in [3.05, 3.63) is 83.4 Å². The number of ether oxygens (including phenoxy) is 3. The van der Waals surface area contributed by atoms with E-state index in [4.69, 9.17) is 14.2 Å². The van der Waals surface area contributed by atoms with E-state index in [1.165, 1.54) is 7.11 Å². The zero-order chi connectivity index (χ0) is 26.1. The van der Waals surface area contributed by atoms with Gasteiger partial charge in [0.1, 0.15) is 5.75 Å². The molecule has 3 aromatic rings. The lowest BCUT2D eigenvalue weighted by molar-refractivity contribution is -0.136. The van der Waals surface area contributed by atoms with Gasteiger partial charge >= 0.3 is 17.8 Å². The number of nitrogens with one attached hydrogen (secondary N) is 2. The summed E-state index contributed by atoms with van der Waals surface area (Å²) in [6.07, 6.45) is 0. The molecule has 9 heteroatoms. The Morgan fingerprint density at radius 3 is 2.33 bits per heavy atom. The summed E-state index contributed by atoms with van der Waals surface area (Å²) in [5.41, 5.74) is 4.85. The molecule has 0 saturated heterocycles. The number of carbonyl (C=O) groups excluding carboxylic acids is 3. The number of anilines is 1. The number of carbonyl (C=O) groups is 3. The molecule has 0 radical (unpaired) electrons. The molecule has 0 aliphatic carbocycles. The third-order valence-electron chi connectivity index (χ3n) is 5.12. The molecule has 0 atom stereocenters. The van der Waals surface area contributed by atoms with Gasteiger partial charge < -0.3 is 19.5 Å².